The molecule has 1 saturated carbocycles. The van der Waals surface area contributed by atoms with Gasteiger partial charge in [0.15, 0.2) is 0 Å². The SMILES string of the molecule is N#CC1(Cn2ccc3cc(Cl)cc(-c4ccnc5cc(CN6C(=O)CC7(CC7)C6=O)sc45)c32)CCNCC1. The van der Waals surface area contributed by atoms with E-state index in [2.05, 4.69) is 33.2 Å². The number of hydrogen-bond acceptors (Lipinski definition) is 6. The van der Waals surface area contributed by atoms with Gasteiger partial charge in [0.2, 0.25) is 11.8 Å². The molecule has 192 valence electrons. The Morgan fingerprint density at radius 2 is 1.92 bits per heavy atom. The van der Waals surface area contributed by atoms with Crippen LogP contribution in [-0.4, -0.2) is 39.4 Å². The van der Waals surface area contributed by atoms with E-state index >= 15 is 0 Å². The van der Waals surface area contributed by atoms with Gasteiger partial charge in [0.25, 0.3) is 0 Å². The molecule has 1 N–H and O–H groups in total. The van der Waals surface area contributed by atoms with Crippen LogP contribution in [0.2, 0.25) is 5.02 Å². The fraction of sp³-hybridized carbons (Fsp3) is 0.379. The van der Waals surface area contributed by atoms with Crippen LogP contribution in [-0.2, 0) is 22.7 Å². The minimum atomic E-state index is -0.413. The molecule has 0 atom stereocenters. The second-order valence-electron chi connectivity index (χ2n) is 11.0. The number of hydrogen-bond donors (Lipinski definition) is 1. The highest BCUT2D eigenvalue weighted by atomic mass is 35.5. The summed E-state index contributed by atoms with van der Waals surface area (Å²) < 4.78 is 3.20. The van der Waals surface area contributed by atoms with Crippen molar-refractivity contribution < 1.29 is 9.59 Å². The summed E-state index contributed by atoms with van der Waals surface area (Å²) >= 11 is 8.17. The van der Waals surface area contributed by atoms with Gasteiger partial charge in [0.05, 0.1) is 39.2 Å². The van der Waals surface area contributed by atoms with Crippen molar-refractivity contribution in [3.05, 3.63) is 52.6 Å². The Bertz CT molecular complexity index is 1670. The van der Waals surface area contributed by atoms with Gasteiger partial charge in [-0.15, -0.1) is 11.3 Å². The molecule has 38 heavy (non-hydrogen) atoms. The molecule has 2 saturated heterocycles. The number of aromatic nitrogens is 2. The van der Waals surface area contributed by atoms with Crippen molar-refractivity contribution in [2.45, 2.75) is 45.2 Å². The van der Waals surface area contributed by atoms with Crippen LogP contribution in [0.5, 0.6) is 0 Å². The Morgan fingerprint density at radius 1 is 1.11 bits per heavy atom. The van der Waals surface area contributed by atoms with Crippen LogP contribution >= 0.6 is 22.9 Å². The number of carbonyl (C=O) groups is 2. The Morgan fingerprint density at radius 3 is 2.66 bits per heavy atom. The number of carbonyl (C=O) groups excluding carboxylic acids is 2. The molecule has 3 aliphatic rings. The van der Waals surface area contributed by atoms with Crippen molar-refractivity contribution in [3.8, 4) is 17.2 Å². The Kier molecular flexibility index (Phi) is 5.42. The molecule has 3 fully saturated rings. The molecule has 4 aromatic rings. The number of piperidine rings is 1. The normalized spacial score (nSPS) is 20.1. The number of benzene rings is 1. The predicted octanol–water partition coefficient (Wildman–Crippen LogP) is 5.50. The Balaban J connectivity index is 1.30. The highest BCUT2D eigenvalue weighted by molar-refractivity contribution is 7.19. The van der Waals surface area contributed by atoms with Crippen molar-refractivity contribution >= 4 is 55.9 Å². The monoisotopic (exact) mass is 543 g/mol. The zero-order valence-corrected chi connectivity index (χ0v) is 22.4. The summed E-state index contributed by atoms with van der Waals surface area (Å²) in [4.78, 5) is 32.4. The van der Waals surface area contributed by atoms with Crippen LogP contribution in [0.25, 0.3) is 32.2 Å². The maximum absolute atomic E-state index is 12.9. The van der Waals surface area contributed by atoms with Crippen LogP contribution < -0.4 is 5.32 Å². The molecule has 7 rings (SSSR count). The standard InChI is InChI=1S/C29H26ClN5O2S/c30-19-11-18-2-10-34(17-28(16-31)5-8-32-9-6-28)25(18)22(12-19)21-1-7-33-23-13-20(38-26(21)23)15-35-24(36)14-29(3-4-29)27(35)37/h1-2,7,10-13,32H,3-6,8-9,14-15,17H2. The number of nitrogens with one attached hydrogen (secondary N) is 1. The smallest absolute Gasteiger partial charge is 0.236 e. The summed E-state index contributed by atoms with van der Waals surface area (Å²) in [5.41, 5.74) is 3.06. The molecule has 5 heterocycles. The summed E-state index contributed by atoms with van der Waals surface area (Å²) in [5.74, 6) is -0.0938. The zero-order chi connectivity index (χ0) is 26.1. The maximum Gasteiger partial charge on any atom is 0.236 e. The lowest BCUT2D eigenvalue weighted by molar-refractivity contribution is -0.140. The maximum atomic E-state index is 12.9. The van der Waals surface area contributed by atoms with Crippen LogP contribution in [0.15, 0.2) is 42.7 Å². The number of halogens is 1. The van der Waals surface area contributed by atoms with Gasteiger partial charge in [-0.2, -0.15) is 5.26 Å². The van der Waals surface area contributed by atoms with Crippen molar-refractivity contribution in [3.63, 3.8) is 0 Å². The summed E-state index contributed by atoms with van der Waals surface area (Å²) in [6, 6.07) is 12.6. The number of rotatable bonds is 5. The van der Waals surface area contributed by atoms with Gasteiger partial charge >= 0.3 is 0 Å². The summed E-state index contributed by atoms with van der Waals surface area (Å²) in [7, 11) is 0. The molecule has 0 bridgehead atoms. The van der Waals surface area contributed by atoms with E-state index in [-0.39, 0.29) is 11.8 Å². The fourth-order valence-corrected chi connectivity index (χ4v) is 7.54. The van der Waals surface area contributed by atoms with E-state index < -0.39 is 10.8 Å². The van der Waals surface area contributed by atoms with Crippen molar-refractivity contribution in [1.29, 1.82) is 5.26 Å². The quantitative estimate of drug-likeness (QED) is 0.335. The molecule has 7 nitrogen and oxygen atoms in total. The Labute approximate surface area is 229 Å². The van der Waals surface area contributed by atoms with Gasteiger partial charge in [0.1, 0.15) is 0 Å². The number of imide groups is 1. The van der Waals surface area contributed by atoms with E-state index in [9.17, 15) is 14.9 Å². The van der Waals surface area contributed by atoms with E-state index in [0.717, 1.165) is 75.9 Å². The van der Waals surface area contributed by atoms with E-state index in [4.69, 9.17) is 11.6 Å². The number of fused-ring (bicyclic) bond motifs is 2. The van der Waals surface area contributed by atoms with Crippen LogP contribution in [0.3, 0.4) is 0 Å². The van der Waals surface area contributed by atoms with Gasteiger partial charge in [0, 0.05) is 51.8 Å². The molecule has 0 radical (unpaired) electrons. The van der Waals surface area contributed by atoms with Gasteiger partial charge in [-0.1, -0.05) is 11.6 Å². The summed E-state index contributed by atoms with van der Waals surface area (Å²) in [6.45, 7) is 2.60. The molecule has 2 amide bonds. The minimum Gasteiger partial charge on any atom is -0.345 e. The van der Waals surface area contributed by atoms with Crippen molar-refractivity contribution in [2.24, 2.45) is 10.8 Å². The second-order valence-corrected chi connectivity index (χ2v) is 12.6. The number of nitriles is 1. The first-order chi connectivity index (χ1) is 18.4. The summed E-state index contributed by atoms with van der Waals surface area (Å²) in [6.07, 6.45) is 7.47. The molecule has 1 aliphatic carbocycles. The van der Waals surface area contributed by atoms with Crippen molar-refractivity contribution in [1.82, 2.24) is 19.8 Å². The number of nitrogens with zero attached hydrogens (tertiary/aromatic N) is 4. The van der Waals surface area contributed by atoms with Gasteiger partial charge in [-0.3, -0.25) is 19.5 Å². The third-order valence-electron chi connectivity index (χ3n) is 8.51. The molecular weight excluding hydrogens is 518 g/mol. The number of likely N-dealkylation sites (tertiary alicyclic amines) is 1. The van der Waals surface area contributed by atoms with Crippen LogP contribution in [0.1, 0.15) is 37.0 Å². The van der Waals surface area contributed by atoms with E-state index in [1.807, 2.05) is 24.3 Å². The van der Waals surface area contributed by atoms with E-state index in [1.165, 1.54) is 4.90 Å². The molecule has 1 aromatic carbocycles. The third kappa shape index (κ3) is 3.76. The van der Waals surface area contributed by atoms with Crippen LogP contribution in [0, 0.1) is 22.2 Å². The molecule has 9 heteroatoms. The fourth-order valence-electron chi connectivity index (χ4n) is 6.18. The summed E-state index contributed by atoms with van der Waals surface area (Å²) in [5, 5.41) is 15.1. The van der Waals surface area contributed by atoms with E-state index in [1.54, 1.807) is 17.5 Å². The van der Waals surface area contributed by atoms with Crippen molar-refractivity contribution in [2.75, 3.05) is 13.1 Å². The molecule has 2 aliphatic heterocycles. The Hall–Kier alpha value is -3.25. The molecular formula is C29H26ClN5O2S. The highest BCUT2D eigenvalue weighted by Crippen LogP contribution is 2.54. The third-order valence-corrected chi connectivity index (χ3v) is 9.87. The largest absolute Gasteiger partial charge is 0.345 e. The molecule has 3 aromatic heterocycles. The highest BCUT2D eigenvalue weighted by Gasteiger charge is 2.59. The first-order valence-corrected chi connectivity index (χ1v) is 14.2. The molecule has 1 spiro atoms. The second kappa shape index (κ2) is 8.63. The number of pyridine rings is 1. The number of thiophene rings is 1. The topological polar surface area (TPSA) is 91.0 Å². The lowest BCUT2D eigenvalue weighted by Crippen LogP contribution is -2.38. The van der Waals surface area contributed by atoms with Gasteiger partial charge in [-0.25, -0.2) is 0 Å². The minimum absolute atomic E-state index is 0.0214. The molecule has 0 unspecified atom stereocenters. The average Bonchev–Trinajstić information content (AvgIpc) is 3.30. The van der Waals surface area contributed by atoms with E-state index in [0.29, 0.717) is 24.5 Å². The first kappa shape index (κ1) is 23.8. The number of amides is 2. The first-order valence-electron chi connectivity index (χ1n) is 13.0. The average molecular weight is 544 g/mol. The van der Waals surface area contributed by atoms with Gasteiger partial charge in [-0.05, 0) is 69.1 Å². The van der Waals surface area contributed by atoms with Gasteiger partial charge < -0.3 is 9.88 Å². The predicted molar refractivity (Wildman–Crippen MR) is 148 cm³/mol. The lowest BCUT2D eigenvalue weighted by atomic mass is 9.80. The lowest BCUT2D eigenvalue weighted by Gasteiger charge is -2.32. The van der Waals surface area contributed by atoms with Crippen LogP contribution in [0.4, 0.5) is 0 Å². The zero-order valence-electron chi connectivity index (χ0n) is 20.8.